The van der Waals surface area contributed by atoms with E-state index in [9.17, 15) is 4.79 Å². The molecule has 0 bridgehead atoms. The summed E-state index contributed by atoms with van der Waals surface area (Å²) < 4.78 is 3.58. The summed E-state index contributed by atoms with van der Waals surface area (Å²) in [6.07, 6.45) is 1.52. The maximum absolute atomic E-state index is 12.3. The molecule has 4 rings (SSSR count). The van der Waals surface area contributed by atoms with Crippen molar-refractivity contribution in [1.82, 2.24) is 25.2 Å². The van der Waals surface area contributed by atoms with E-state index in [-0.39, 0.29) is 5.91 Å². The zero-order valence-electron chi connectivity index (χ0n) is 13.8. The summed E-state index contributed by atoms with van der Waals surface area (Å²) in [4.78, 5) is 16.8. The Bertz CT molecular complexity index is 1030. The van der Waals surface area contributed by atoms with Crippen molar-refractivity contribution < 1.29 is 4.79 Å². The van der Waals surface area contributed by atoms with E-state index in [0.717, 1.165) is 25.8 Å². The summed E-state index contributed by atoms with van der Waals surface area (Å²) in [6, 6.07) is 13.6. The Balaban J connectivity index is 1.42. The first kappa shape index (κ1) is 16.7. The van der Waals surface area contributed by atoms with Crippen molar-refractivity contribution in [3.63, 3.8) is 0 Å². The van der Waals surface area contributed by atoms with Crippen LogP contribution in [0.1, 0.15) is 5.56 Å². The molecule has 130 valence electrons. The van der Waals surface area contributed by atoms with Gasteiger partial charge in [-0.2, -0.15) is 0 Å². The number of nitrogens with zero attached hydrogens (tertiary/aromatic N) is 5. The first-order valence-corrected chi connectivity index (χ1v) is 9.61. The first-order chi connectivity index (χ1) is 12.7. The fourth-order valence-electron chi connectivity index (χ4n) is 2.44. The lowest BCUT2D eigenvalue weighted by Gasteiger charge is -2.09. The normalized spacial score (nSPS) is 11.0. The number of anilines is 1. The molecule has 0 fully saturated rings. The molecule has 26 heavy (non-hydrogen) atoms. The van der Waals surface area contributed by atoms with Gasteiger partial charge in [-0.3, -0.25) is 4.79 Å². The number of carbonyl (C=O) groups excluding carboxylic acids is 1. The van der Waals surface area contributed by atoms with Crippen LogP contribution in [0.15, 0.2) is 53.1 Å². The molecule has 0 aliphatic rings. The molecule has 9 heteroatoms. The molecule has 0 saturated carbocycles. The summed E-state index contributed by atoms with van der Waals surface area (Å²) in [5.41, 5.74) is 3.51. The number of hydrogen-bond acceptors (Lipinski definition) is 7. The van der Waals surface area contributed by atoms with Gasteiger partial charge in [0.05, 0.1) is 21.7 Å². The molecule has 1 amide bonds. The van der Waals surface area contributed by atoms with Crippen molar-refractivity contribution in [2.24, 2.45) is 0 Å². The smallest absolute Gasteiger partial charge is 0.234 e. The maximum atomic E-state index is 12.3. The number of rotatable bonds is 5. The van der Waals surface area contributed by atoms with Crippen molar-refractivity contribution >= 4 is 44.9 Å². The third-order valence-electron chi connectivity index (χ3n) is 3.69. The van der Waals surface area contributed by atoms with E-state index in [1.165, 1.54) is 18.1 Å². The van der Waals surface area contributed by atoms with Crippen LogP contribution in [0.2, 0.25) is 0 Å². The minimum absolute atomic E-state index is 0.0826. The highest BCUT2D eigenvalue weighted by Crippen LogP contribution is 2.29. The molecule has 2 aromatic carbocycles. The van der Waals surface area contributed by atoms with Crippen molar-refractivity contribution in [1.29, 1.82) is 0 Å². The van der Waals surface area contributed by atoms with E-state index in [4.69, 9.17) is 0 Å². The summed E-state index contributed by atoms with van der Waals surface area (Å²) in [6.45, 7) is 1.96. The highest BCUT2D eigenvalue weighted by molar-refractivity contribution is 8.01. The van der Waals surface area contributed by atoms with Crippen LogP contribution < -0.4 is 5.32 Å². The Morgan fingerprint density at radius 3 is 2.96 bits per heavy atom. The van der Waals surface area contributed by atoms with Crippen LogP contribution in [0.3, 0.4) is 0 Å². The Labute approximate surface area is 157 Å². The zero-order valence-corrected chi connectivity index (χ0v) is 15.4. The maximum Gasteiger partial charge on any atom is 0.234 e. The van der Waals surface area contributed by atoms with Gasteiger partial charge in [0, 0.05) is 5.69 Å². The second-order valence-corrected chi connectivity index (χ2v) is 7.79. The Hall–Kier alpha value is -2.78. The number of amides is 1. The van der Waals surface area contributed by atoms with E-state index in [0.29, 0.717) is 11.4 Å². The number of nitrogens with one attached hydrogen (secondary N) is 1. The highest BCUT2D eigenvalue weighted by Gasteiger charge is 2.10. The minimum atomic E-state index is -0.0826. The van der Waals surface area contributed by atoms with Crippen LogP contribution in [0, 0.1) is 6.92 Å². The Morgan fingerprint density at radius 1 is 1.27 bits per heavy atom. The van der Waals surface area contributed by atoms with Crippen LogP contribution in [0.4, 0.5) is 5.69 Å². The van der Waals surface area contributed by atoms with E-state index in [1.807, 2.05) is 49.4 Å². The van der Waals surface area contributed by atoms with Crippen LogP contribution in [-0.2, 0) is 4.79 Å². The van der Waals surface area contributed by atoms with E-state index in [1.54, 1.807) is 16.0 Å². The molecule has 2 aromatic heterocycles. The number of fused-ring (bicyclic) bond motifs is 1. The molecule has 0 saturated heterocycles. The Morgan fingerprint density at radius 2 is 2.15 bits per heavy atom. The summed E-state index contributed by atoms with van der Waals surface area (Å²) in [5.74, 6) is 0.217. The molecule has 0 atom stereocenters. The number of aryl methyl sites for hydroxylation is 1. The quantitative estimate of drug-likeness (QED) is 0.533. The lowest BCUT2D eigenvalue weighted by molar-refractivity contribution is -0.113. The van der Waals surface area contributed by atoms with Gasteiger partial charge in [0.2, 0.25) is 5.91 Å². The average Bonchev–Trinajstić information content (AvgIpc) is 3.31. The van der Waals surface area contributed by atoms with Gasteiger partial charge in [0.15, 0.2) is 4.34 Å². The van der Waals surface area contributed by atoms with Gasteiger partial charge in [0.25, 0.3) is 0 Å². The number of thiazole rings is 1. The summed E-state index contributed by atoms with van der Waals surface area (Å²) in [7, 11) is 0. The van der Waals surface area contributed by atoms with Gasteiger partial charge < -0.3 is 5.32 Å². The van der Waals surface area contributed by atoms with E-state index in [2.05, 4.69) is 25.8 Å². The fourth-order valence-corrected chi connectivity index (χ4v) is 4.31. The molecule has 7 nitrogen and oxygen atoms in total. The van der Waals surface area contributed by atoms with E-state index >= 15 is 0 Å². The van der Waals surface area contributed by atoms with Crippen molar-refractivity contribution in [3.05, 3.63) is 54.4 Å². The number of thioether (sulfide) groups is 1. The number of carbonyl (C=O) groups is 1. The fraction of sp³-hybridized carbons (Fsp3) is 0.118. The van der Waals surface area contributed by atoms with Gasteiger partial charge >= 0.3 is 0 Å². The molecule has 2 heterocycles. The topological polar surface area (TPSA) is 85.6 Å². The number of tetrazole rings is 1. The third kappa shape index (κ3) is 3.58. The monoisotopic (exact) mass is 382 g/mol. The molecular formula is C17H14N6OS2. The molecule has 0 spiro atoms. The van der Waals surface area contributed by atoms with Crippen LogP contribution in [0.25, 0.3) is 15.9 Å². The van der Waals surface area contributed by atoms with Gasteiger partial charge in [-0.05, 0) is 47.2 Å². The summed E-state index contributed by atoms with van der Waals surface area (Å²) in [5, 5.41) is 14.1. The third-order valence-corrected chi connectivity index (χ3v) is 5.87. The van der Waals surface area contributed by atoms with Gasteiger partial charge in [-0.25, -0.2) is 9.67 Å². The lowest BCUT2D eigenvalue weighted by atomic mass is 10.2. The number of para-hydroxylation sites is 1. The molecule has 1 N–H and O–H groups in total. The number of aromatic nitrogens is 5. The molecule has 0 aliphatic carbocycles. The predicted octanol–water partition coefficient (Wildman–Crippen LogP) is 3.31. The van der Waals surface area contributed by atoms with Gasteiger partial charge in [0.1, 0.15) is 6.33 Å². The van der Waals surface area contributed by atoms with Gasteiger partial charge in [-0.1, -0.05) is 30.0 Å². The molecule has 4 aromatic rings. The SMILES string of the molecule is Cc1ccc(NC(=O)CSc2nc3ccccc3s2)cc1-n1cnnn1. The van der Waals surface area contributed by atoms with Crippen molar-refractivity contribution in [2.75, 3.05) is 11.1 Å². The first-order valence-electron chi connectivity index (χ1n) is 7.81. The molecule has 0 unspecified atom stereocenters. The molecular weight excluding hydrogens is 368 g/mol. The lowest BCUT2D eigenvalue weighted by Crippen LogP contribution is -2.14. The molecule has 0 radical (unpaired) electrons. The minimum Gasteiger partial charge on any atom is -0.325 e. The summed E-state index contributed by atoms with van der Waals surface area (Å²) >= 11 is 3.03. The highest BCUT2D eigenvalue weighted by atomic mass is 32.2. The second-order valence-electron chi connectivity index (χ2n) is 5.54. The van der Waals surface area contributed by atoms with Crippen molar-refractivity contribution in [3.8, 4) is 5.69 Å². The standard InChI is InChI=1S/C17H14N6OS2/c1-11-6-7-12(8-14(11)23-10-18-21-22-23)19-16(24)9-25-17-20-13-4-2-3-5-15(13)26-17/h2-8,10H,9H2,1H3,(H,19,24). The van der Waals surface area contributed by atoms with Crippen molar-refractivity contribution in [2.45, 2.75) is 11.3 Å². The number of benzene rings is 2. The predicted molar refractivity (Wildman–Crippen MR) is 103 cm³/mol. The Kier molecular flexibility index (Phi) is 4.63. The largest absolute Gasteiger partial charge is 0.325 e. The number of hydrogen-bond donors (Lipinski definition) is 1. The van der Waals surface area contributed by atoms with Crippen LogP contribution in [0.5, 0.6) is 0 Å². The van der Waals surface area contributed by atoms with E-state index < -0.39 is 0 Å². The zero-order chi connectivity index (χ0) is 17.9. The molecule has 0 aliphatic heterocycles. The van der Waals surface area contributed by atoms with Gasteiger partial charge in [-0.15, -0.1) is 16.4 Å². The van der Waals surface area contributed by atoms with Crippen LogP contribution in [-0.4, -0.2) is 36.9 Å². The second kappa shape index (κ2) is 7.22. The average molecular weight is 382 g/mol. The van der Waals surface area contributed by atoms with Crippen LogP contribution >= 0.6 is 23.1 Å².